The third kappa shape index (κ3) is 6.39. The molecule has 9 heteroatoms. The van der Waals surface area contributed by atoms with Crippen LogP contribution in [0.25, 0.3) is 10.9 Å². The van der Waals surface area contributed by atoms with Crippen LogP contribution in [0.4, 0.5) is 13.2 Å². The van der Waals surface area contributed by atoms with Crippen molar-refractivity contribution in [3.05, 3.63) is 65.6 Å². The number of nitrogens with zero attached hydrogens (tertiary/aromatic N) is 1. The number of hydrogen-bond donors (Lipinski definition) is 4. The number of ether oxygens (including phenoxy) is 1. The van der Waals surface area contributed by atoms with Crippen molar-refractivity contribution in [2.24, 2.45) is 4.99 Å². The Morgan fingerprint density at radius 3 is 2.65 bits per heavy atom. The van der Waals surface area contributed by atoms with Crippen molar-refractivity contribution >= 4 is 16.9 Å². The van der Waals surface area contributed by atoms with E-state index in [-0.39, 0.29) is 18.1 Å². The second kappa shape index (κ2) is 10.7. The zero-order valence-electron chi connectivity index (χ0n) is 17.0. The minimum Gasteiger partial charge on any atom is -0.435 e. The van der Waals surface area contributed by atoms with Crippen LogP contribution in [-0.2, 0) is 6.42 Å². The first-order valence-electron chi connectivity index (χ1n) is 9.96. The SMILES string of the molecule is CCNC(=NCC(O)c1ccc(OC(F)F)cc1)NCCc1c[nH]c2ccc(F)cc12. The largest absolute Gasteiger partial charge is 0.435 e. The van der Waals surface area contributed by atoms with Crippen molar-refractivity contribution in [1.29, 1.82) is 0 Å². The number of alkyl halides is 2. The van der Waals surface area contributed by atoms with Gasteiger partial charge in [0.1, 0.15) is 11.6 Å². The van der Waals surface area contributed by atoms with E-state index in [1.165, 1.54) is 36.4 Å². The Labute approximate surface area is 178 Å². The lowest BCUT2D eigenvalue weighted by Gasteiger charge is -2.14. The highest BCUT2D eigenvalue weighted by molar-refractivity contribution is 5.83. The third-order valence-electron chi connectivity index (χ3n) is 4.67. The van der Waals surface area contributed by atoms with Crippen LogP contribution in [0.15, 0.2) is 53.7 Å². The van der Waals surface area contributed by atoms with E-state index in [4.69, 9.17) is 0 Å². The number of H-pyrrole nitrogens is 1. The second-order valence-corrected chi connectivity index (χ2v) is 6.86. The number of aromatic amines is 1. The van der Waals surface area contributed by atoms with Crippen molar-refractivity contribution in [2.75, 3.05) is 19.6 Å². The maximum Gasteiger partial charge on any atom is 0.387 e. The number of rotatable bonds is 9. The average molecular weight is 434 g/mol. The maximum absolute atomic E-state index is 13.5. The summed E-state index contributed by atoms with van der Waals surface area (Å²) in [5.74, 6) is 0.283. The molecule has 6 nitrogen and oxygen atoms in total. The molecule has 0 bridgehead atoms. The van der Waals surface area contributed by atoms with Gasteiger partial charge in [-0.2, -0.15) is 8.78 Å². The number of aliphatic imine (C=N–C) groups is 1. The lowest BCUT2D eigenvalue weighted by molar-refractivity contribution is -0.0498. The molecule has 2 aromatic carbocycles. The summed E-state index contributed by atoms with van der Waals surface area (Å²) in [6.45, 7) is 0.322. The molecule has 3 aromatic rings. The molecular formula is C22H25F3N4O2. The van der Waals surface area contributed by atoms with Crippen molar-refractivity contribution < 1.29 is 23.0 Å². The molecule has 0 amide bonds. The van der Waals surface area contributed by atoms with Gasteiger partial charge in [0.15, 0.2) is 5.96 Å². The fourth-order valence-electron chi connectivity index (χ4n) is 3.17. The van der Waals surface area contributed by atoms with E-state index < -0.39 is 12.7 Å². The monoisotopic (exact) mass is 434 g/mol. The van der Waals surface area contributed by atoms with Gasteiger partial charge in [0.25, 0.3) is 0 Å². The van der Waals surface area contributed by atoms with Crippen LogP contribution in [0.1, 0.15) is 24.2 Å². The molecule has 0 fully saturated rings. The van der Waals surface area contributed by atoms with E-state index in [0.29, 0.717) is 31.0 Å². The Balaban J connectivity index is 1.56. The molecule has 3 rings (SSSR count). The number of aromatic nitrogens is 1. The molecule has 1 aromatic heterocycles. The zero-order chi connectivity index (χ0) is 22.2. The van der Waals surface area contributed by atoms with Crippen LogP contribution >= 0.6 is 0 Å². The number of aliphatic hydroxyl groups excluding tert-OH is 1. The molecule has 1 atom stereocenters. The van der Waals surface area contributed by atoms with Gasteiger partial charge in [-0.25, -0.2) is 4.39 Å². The lowest BCUT2D eigenvalue weighted by Crippen LogP contribution is -2.38. The van der Waals surface area contributed by atoms with Gasteiger partial charge in [-0.05, 0) is 54.8 Å². The summed E-state index contributed by atoms with van der Waals surface area (Å²) in [5, 5.41) is 17.5. The van der Waals surface area contributed by atoms with Crippen LogP contribution in [0.2, 0.25) is 0 Å². The molecule has 0 aliphatic heterocycles. The smallest absolute Gasteiger partial charge is 0.387 e. The first kappa shape index (κ1) is 22.5. The molecule has 166 valence electrons. The van der Waals surface area contributed by atoms with E-state index in [1.807, 2.05) is 13.1 Å². The topological polar surface area (TPSA) is 81.7 Å². The Bertz CT molecular complexity index is 1010. The van der Waals surface area contributed by atoms with E-state index in [1.54, 1.807) is 6.07 Å². The van der Waals surface area contributed by atoms with Crippen molar-refractivity contribution in [1.82, 2.24) is 15.6 Å². The molecule has 0 spiro atoms. The third-order valence-corrected chi connectivity index (χ3v) is 4.67. The van der Waals surface area contributed by atoms with Crippen LogP contribution in [-0.4, -0.2) is 42.3 Å². The van der Waals surface area contributed by atoms with E-state index in [9.17, 15) is 18.3 Å². The lowest BCUT2D eigenvalue weighted by atomic mass is 10.1. The standard InChI is InChI=1S/C22H25F3N4O2/c1-2-26-22(27-10-9-15-12-28-19-8-5-16(23)11-18(15)19)29-13-20(30)14-3-6-17(7-4-14)31-21(24)25/h3-8,11-12,20-21,28,30H,2,9-10,13H2,1H3,(H2,26,27,29). The number of nitrogens with one attached hydrogen (secondary N) is 3. The summed E-state index contributed by atoms with van der Waals surface area (Å²) in [6.07, 6.45) is 1.62. The van der Waals surface area contributed by atoms with E-state index in [2.05, 4.69) is 25.3 Å². The molecule has 0 radical (unpaired) electrons. The number of hydrogen-bond acceptors (Lipinski definition) is 3. The predicted molar refractivity (Wildman–Crippen MR) is 114 cm³/mol. The van der Waals surface area contributed by atoms with Crippen LogP contribution in [0.5, 0.6) is 5.75 Å². The number of aliphatic hydroxyl groups is 1. The van der Waals surface area contributed by atoms with Gasteiger partial charge in [0, 0.05) is 30.2 Å². The maximum atomic E-state index is 13.5. The predicted octanol–water partition coefficient (Wildman–Crippen LogP) is 3.74. The minimum atomic E-state index is -2.89. The fraction of sp³-hybridized carbons (Fsp3) is 0.318. The summed E-state index contributed by atoms with van der Waals surface area (Å²) in [5.41, 5.74) is 2.41. The van der Waals surface area contributed by atoms with Gasteiger partial charge in [0.2, 0.25) is 0 Å². The van der Waals surface area contributed by atoms with Crippen molar-refractivity contribution in [3.63, 3.8) is 0 Å². The molecular weight excluding hydrogens is 409 g/mol. The quantitative estimate of drug-likeness (QED) is 0.306. The second-order valence-electron chi connectivity index (χ2n) is 6.86. The minimum absolute atomic E-state index is 0.0293. The van der Waals surface area contributed by atoms with Crippen LogP contribution < -0.4 is 15.4 Å². The highest BCUT2D eigenvalue weighted by atomic mass is 19.3. The molecule has 1 heterocycles. The normalized spacial score (nSPS) is 12.9. The number of fused-ring (bicyclic) bond motifs is 1. The van der Waals surface area contributed by atoms with Gasteiger partial charge in [-0.1, -0.05) is 12.1 Å². The van der Waals surface area contributed by atoms with Crippen LogP contribution in [0.3, 0.4) is 0 Å². The summed E-state index contributed by atoms with van der Waals surface area (Å²) < 4.78 is 42.3. The van der Waals surface area contributed by atoms with Crippen LogP contribution in [0, 0.1) is 5.82 Å². The number of guanidine groups is 1. The number of benzene rings is 2. The Hall–Kier alpha value is -3.20. The first-order chi connectivity index (χ1) is 15.0. The fourth-order valence-corrected chi connectivity index (χ4v) is 3.17. The summed E-state index contributed by atoms with van der Waals surface area (Å²) in [4.78, 5) is 7.51. The molecule has 0 saturated carbocycles. The van der Waals surface area contributed by atoms with E-state index >= 15 is 0 Å². The Morgan fingerprint density at radius 2 is 1.94 bits per heavy atom. The van der Waals surface area contributed by atoms with Gasteiger partial charge in [-0.3, -0.25) is 4.99 Å². The Morgan fingerprint density at radius 1 is 1.16 bits per heavy atom. The average Bonchev–Trinajstić information content (AvgIpc) is 3.14. The molecule has 31 heavy (non-hydrogen) atoms. The van der Waals surface area contributed by atoms with Crippen molar-refractivity contribution in [3.8, 4) is 5.75 Å². The molecule has 0 saturated heterocycles. The van der Waals surface area contributed by atoms with Gasteiger partial charge in [-0.15, -0.1) is 0 Å². The van der Waals surface area contributed by atoms with Gasteiger partial charge in [0.05, 0.1) is 12.6 Å². The molecule has 4 N–H and O–H groups in total. The highest BCUT2D eigenvalue weighted by Gasteiger charge is 2.10. The van der Waals surface area contributed by atoms with Gasteiger partial charge >= 0.3 is 6.61 Å². The first-order valence-corrected chi connectivity index (χ1v) is 9.96. The Kier molecular flexibility index (Phi) is 7.77. The van der Waals surface area contributed by atoms with Gasteiger partial charge < -0.3 is 25.5 Å². The number of halogens is 3. The zero-order valence-corrected chi connectivity index (χ0v) is 17.0. The molecule has 0 aliphatic carbocycles. The summed E-state index contributed by atoms with van der Waals surface area (Å²) in [7, 11) is 0. The highest BCUT2D eigenvalue weighted by Crippen LogP contribution is 2.20. The summed E-state index contributed by atoms with van der Waals surface area (Å²) in [6, 6.07) is 10.4. The molecule has 0 aliphatic rings. The van der Waals surface area contributed by atoms with E-state index in [0.717, 1.165) is 16.5 Å². The molecule has 1 unspecified atom stereocenters. The summed E-state index contributed by atoms with van der Waals surface area (Å²) >= 11 is 0. The van der Waals surface area contributed by atoms with Crippen molar-refractivity contribution in [2.45, 2.75) is 26.1 Å².